The molecule has 3 atom stereocenters. The molecule has 0 spiro atoms. The number of anilines is 1. The fourth-order valence-corrected chi connectivity index (χ4v) is 5.25. The van der Waals surface area contributed by atoms with E-state index in [1.807, 2.05) is 0 Å². The third-order valence-corrected chi connectivity index (χ3v) is 7.36. The molecule has 1 aliphatic heterocycles. The van der Waals surface area contributed by atoms with Crippen LogP contribution in [0.1, 0.15) is 24.8 Å². The smallest absolute Gasteiger partial charge is 0.258 e. The van der Waals surface area contributed by atoms with E-state index in [0.29, 0.717) is 12.2 Å². The minimum atomic E-state index is -1.97. The minimum absolute atomic E-state index is 0.0237. The van der Waals surface area contributed by atoms with E-state index in [-0.39, 0.29) is 29.2 Å². The number of hydrogen-bond donors (Lipinski definition) is 1. The zero-order valence-corrected chi connectivity index (χ0v) is 18.7. The van der Waals surface area contributed by atoms with Crippen LogP contribution >= 0.6 is 23.2 Å². The molecule has 2 aromatic rings. The van der Waals surface area contributed by atoms with Gasteiger partial charge in [0.1, 0.15) is 5.82 Å². The minimum Gasteiger partial charge on any atom is -0.504 e. The quantitative estimate of drug-likeness (QED) is 0.484. The number of fused-ring (bicyclic) bond motifs is 1. The molecule has 1 aliphatic carbocycles. The van der Waals surface area contributed by atoms with Crippen LogP contribution in [0.25, 0.3) is 0 Å². The lowest BCUT2D eigenvalue weighted by atomic mass is 9.68. The summed E-state index contributed by atoms with van der Waals surface area (Å²) in [5, 5.41) is 10.9. The highest BCUT2D eigenvalue weighted by molar-refractivity contribution is 6.58. The first-order valence-electron chi connectivity index (χ1n) is 10.00. The second-order valence-electron chi connectivity index (χ2n) is 7.61. The van der Waals surface area contributed by atoms with Crippen molar-refractivity contribution >= 4 is 40.7 Å². The van der Waals surface area contributed by atoms with Gasteiger partial charge in [-0.15, -0.1) is 23.2 Å². The predicted molar refractivity (Wildman–Crippen MR) is 121 cm³/mol. The number of ether oxygens (including phenoxy) is 1. The molecule has 2 aliphatic rings. The van der Waals surface area contributed by atoms with Crippen LogP contribution < -0.4 is 9.64 Å². The van der Waals surface area contributed by atoms with Crippen LogP contribution in [0.4, 0.5) is 10.1 Å². The number of carbonyl (C=O) groups excluding carboxylic acids is 2. The van der Waals surface area contributed by atoms with Crippen molar-refractivity contribution < 1.29 is 23.8 Å². The molecule has 1 heterocycles. The Kier molecular flexibility index (Phi) is 5.55. The Bertz CT molecular complexity index is 1150. The monoisotopic (exact) mass is 475 g/mol. The number of hydrogen-bond acceptors (Lipinski definition) is 4. The van der Waals surface area contributed by atoms with Crippen LogP contribution in [0, 0.1) is 5.82 Å². The summed E-state index contributed by atoms with van der Waals surface area (Å²) in [6.07, 6.45) is 3.19. The Labute approximate surface area is 194 Å². The molecular formula is C24H20Cl2FNO4. The predicted octanol–water partition coefficient (Wildman–Crippen LogP) is 5.06. The summed E-state index contributed by atoms with van der Waals surface area (Å²) in [5.74, 6) is -2.96. The van der Waals surface area contributed by atoms with Crippen molar-refractivity contribution in [2.45, 2.75) is 29.0 Å². The van der Waals surface area contributed by atoms with E-state index in [4.69, 9.17) is 27.9 Å². The average molecular weight is 476 g/mol. The Morgan fingerprint density at radius 1 is 1.22 bits per heavy atom. The number of para-hydroxylation sites is 1. The third-order valence-electron chi connectivity index (χ3n) is 5.94. The van der Waals surface area contributed by atoms with Gasteiger partial charge in [-0.25, -0.2) is 9.29 Å². The number of allylic oxidation sites excluding steroid dienone is 3. The number of phenolic OH excluding ortho intramolecular Hbond substituents is 1. The number of benzene rings is 2. The molecule has 4 rings (SSSR count). The maximum atomic E-state index is 13.8. The number of nitrogens with zero attached hydrogens (tertiary/aromatic N) is 1. The fraction of sp³-hybridized carbons (Fsp3) is 0.250. The van der Waals surface area contributed by atoms with Gasteiger partial charge in [0.2, 0.25) is 0 Å². The van der Waals surface area contributed by atoms with Crippen LogP contribution in [0.5, 0.6) is 11.5 Å². The summed E-state index contributed by atoms with van der Waals surface area (Å²) in [4.78, 5) is 24.3. The molecule has 0 radical (unpaired) electrons. The lowest BCUT2D eigenvalue weighted by Crippen LogP contribution is -2.54. The molecule has 0 unspecified atom stereocenters. The zero-order valence-electron chi connectivity index (χ0n) is 17.1. The van der Waals surface area contributed by atoms with Crippen molar-refractivity contribution in [3.63, 3.8) is 0 Å². The van der Waals surface area contributed by atoms with Crippen LogP contribution in [-0.2, 0) is 9.59 Å². The SMILES string of the molecule is C=CC1=CC[C@@]2(Cl)C(=O)N(c3ccc(F)cc3)C(=O)[C@@]2(Cl)[C@H]1c1cccc(OCC)c1O. The molecule has 1 N–H and O–H groups in total. The highest BCUT2D eigenvalue weighted by Gasteiger charge is 2.73. The molecule has 5 nitrogen and oxygen atoms in total. The summed E-state index contributed by atoms with van der Waals surface area (Å²) in [7, 11) is 0. The standard InChI is InChI=1S/C24H20Cl2FNO4/c1-3-14-12-13-23(25)21(30)28(16-10-8-15(27)9-11-16)22(31)24(23,26)19(14)17-6-5-7-18(20(17)29)32-4-2/h3,5-12,19,29H,1,4,13H2,2H3/t19-,23-,24+/m1/s1. The van der Waals surface area contributed by atoms with Crippen molar-refractivity contribution in [2.24, 2.45) is 0 Å². The Balaban J connectivity index is 1.93. The molecule has 0 bridgehead atoms. The van der Waals surface area contributed by atoms with Gasteiger partial charge in [-0.2, -0.15) is 0 Å². The summed E-state index contributed by atoms with van der Waals surface area (Å²) in [5.41, 5.74) is 0.980. The molecule has 1 fully saturated rings. The number of rotatable bonds is 5. The second-order valence-corrected chi connectivity index (χ2v) is 8.85. The fourth-order valence-electron chi connectivity index (χ4n) is 4.42. The van der Waals surface area contributed by atoms with Gasteiger partial charge in [-0.05, 0) is 49.2 Å². The average Bonchev–Trinajstić information content (AvgIpc) is 2.93. The van der Waals surface area contributed by atoms with Crippen molar-refractivity contribution in [1.29, 1.82) is 0 Å². The third kappa shape index (κ3) is 2.97. The van der Waals surface area contributed by atoms with Crippen LogP contribution in [-0.4, -0.2) is 33.3 Å². The van der Waals surface area contributed by atoms with Gasteiger partial charge in [0.15, 0.2) is 21.2 Å². The molecule has 166 valence electrons. The normalized spacial score (nSPS) is 27.2. The molecule has 8 heteroatoms. The van der Waals surface area contributed by atoms with Gasteiger partial charge in [0, 0.05) is 11.5 Å². The number of alkyl halides is 2. The highest BCUT2D eigenvalue weighted by atomic mass is 35.5. The van der Waals surface area contributed by atoms with Gasteiger partial charge in [0.05, 0.1) is 12.3 Å². The van der Waals surface area contributed by atoms with Gasteiger partial charge in [-0.3, -0.25) is 9.59 Å². The van der Waals surface area contributed by atoms with Crippen molar-refractivity contribution in [3.05, 3.63) is 78.1 Å². The van der Waals surface area contributed by atoms with Gasteiger partial charge < -0.3 is 9.84 Å². The van der Waals surface area contributed by atoms with E-state index in [2.05, 4.69) is 6.58 Å². The molecule has 32 heavy (non-hydrogen) atoms. The van der Waals surface area contributed by atoms with Crippen molar-refractivity contribution in [2.75, 3.05) is 11.5 Å². The lowest BCUT2D eigenvalue weighted by Gasteiger charge is -2.42. The molecule has 2 amide bonds. The van der Waals surface area contributed by atoms with Crippen molar-refractivity contribution in [3.8, 4) is 11.5 Å². The molecular weight excluding hydrogens is 456 g/mol. The number of imide groups is 1. The maximum Gasteiger partial charge on any atom is 0.258 e. The number of halogens is 3. The van der Waals surface area contributed by atoms with Crippen LogP contribution in [0.3, 0.4) is 0 Å². The van der Waals surface area contributed by atoms with Crippen LogP contribution in [0.2, 0.25) is 0 Å². The van der Waals surface area contributed by atoms with E-state index in [0.717, 1.165) is 17.0 Å². The first-order chi connectivity index (χ1) is 15.2. The Morgan fingerprint density at radius 2 is 1.91 bits per heavy atom. The first kappa shape index (κ1) is 22.4. The lowest BCUT2D eigenvalue weighted by molar-refractivity contribution is -0.122. The Hall–Kier alpha value is -2.83. The summed E-state index contributed by atoms with van der Waals surface area (Å²) in [6.45, 7) is 5.90. The van der Waals surface area contributed by atoms with E-state index in [9.17, 15) is 19.1 Å². The maximum absolute atomic E-state index is 13.8. The first-order valence-corrected chi connectivity index (χ1v) is 10.8. The summed E-state index contributed by atoms with van der Waals surface area (Å²) < 4.78 is 18.9. The summed E-state index contributed by atoms with van der Waals surface area (Å²) >= 11 is 13.9. The van der Waals surface area contributed by atoms with Gasteiger partial charge in [-0.1, -0.05) is 30.9 Å². The number of phenols is 1. The number of amides is 2. The van der Waals surface area contributed by atoms with Gasteiger partial charge >= 0.3 is 0 Å². The molecule has 0 aromatic heterocycles. The zero-order chi connectivity index (χ0) is 23.3. The van der Waals surface area contributed by atoms with E-state index in [1.54, 1.807) is 31.2 Å². The highest BCUT2D eigenvalue weighted by Crippen LogP contribution is 2.61. The number of aromatic hydroxyl groups is 1. The number of carbonyl (C=O) groups is 2. The van der Waals surface area contributed by atoms with E-state index in [1.165, 1.54) is 18.2 Å². The Morgan fingerprint density at radius 3 is 2.53 bits per heavy atom. The van der Waals surface area contributed by atoms with E-state index >= 15 is 0 Å². The van der Waals surface area contributed by atoms with Gasteiger partial charge in [0.25, 0.3) is 11.8 Å². The van der Waals surface area contributed by atoms with Crippen LogP contribution in [0.15, 0.2) is 66.8 Å². The molecule has 1 saturated heterocycles. The summed E-state index contributed by atoms with van der Waals surface area (Å²) in [6, 6.07) is 9.75. The molecule has 0 saturated carbocycles. The molecule has 2 aromatic carbocycles. The van der Waals surface area contributed by atoms with E-state index < -0.39 is 33.3 Å². The second kappa shape index (κ2) is 7.94. The topological polar surface area (TPSA) is 66.8 Å². The van der Waals surface area contributed by atoms with Crippen molar-refractivity contribution in [1.82, 2.24) is 0 Å². The largest absolute Gasteiger partial charge is 0.504 e.